The molecule has 7 nitrogen and oxygen atoms in total. The minimum atomic E-state index is -0.618. The highest BCUT2D eigenvalue weighted by Gasteiger charge is 2.37. The molecule has 1 atom stereocenters. The molecule has 0 fully saturated rings. The Morgan fingerprint density at radius 1 is 0.892 bits per heavy atom. The second-order valence-electron chi connectivity index (χ2n) is 8.73. The molecule has 6 rings (SSSR count). The topological polar surface area (TPSA) is 86.3 Å². The van der Waals surface area contributed by atoms with Crippen molar-refractivity contribution < 1.29 is 4.79 Å². The number of anilines is 3. The molecule has 8 heteroatoms. The summed E-state index contributed by atoms with van der Waals surface area (Å²) in [7, 11) is 0. The number of para-hydroxylation sites is 2. The van der Waals surface area contributed by atoms with E-state index in [4.69, 9.17) is 17.2 Å². The van der Waals surface area contributed by atoms with Crippen molar-refractivity contribution in [3.8, 4) is 11.1 Å². The van der Waals surface area contributed by atoms with Crippen molar-refractivity contribution in [3.05, 3.63) is 108 Å². The molecule has 1 unspecified atom stereocenters. The van der Waals surface area contributed by atoms with E-state index in [-0.39, 0.29) is 5.91 Å². The normalized spacial score (nSPS) is 15.2. The minimum Gasteiger partial charge on any atom is -0.340 e. The van der Waals surface area contributed by atoms with Crippen molar-refractivity contribution in [2.24, 2.45) is 5.10 Å². The first kappa shape index (κ1) is 22.8. The largest absolute Gasteiger partial charge is 0.340 e. The number of amides is 1. The molecule has 1 amide bonds. The Morgan fingerprint density at radius 3 is 2.24 bits per heavy atom. The van der Waals surface area contributed by atoms with Crippen molar-refractivity contribution in [1.82, 2.24) is 15.0 Å². The second kappa shape index (κ2) is 9.40. The highest BCUT2D eigenvalue weighted by Crippen LogP contribution is 2.37. The summed E-state index contributed by atoms with van der Waals surface area (Å²) >= 11 is 5.46. The zero-order chi connectivity index (χ0) is 25.4. The van der Waals surface area contributed by atoms with Gasteiger partial charge in [-0.15, -0.1) is 0 Å². The van der Waals surface area contributed by atoms with Gasteiger partial charge in [0.2, 0.25) is 0 Å². The SMILES string of the molecule is CC1=NN(c2ccccc2)C(=O)C1c1cc(-c2ccccc2)c2c(Nc3ccccc3)nc(=S)[nH]c2n1. The highest BCUT2D eigenvalue weighted by atomic mass is 32.1. The molecular weight excluding hydrogens is 480 g/mol. The van der Waals surface area contributed by atoms with Crippen molar-refractivity contribution in [2.45, 2.75) is 12.8 Å². The number of fused-ring (bicyclic) bond motifs is 1. The molecule has 2 aromatic heterocycles. The van der Waals surface area contributed by atoms with E-state index in [0.29, 0.717) is 27.6 Å². The van der Waals surface area contributed by atoms with Crippen molar-refractivity contribution in [3.63, 3.8) is 0 Å². The van der Waals surface area contributed by atoms with Crippen LogP contribution in [0.1, 0.15) is 18.5 Å². The first-order chi connectivity index (χ1) is 18.1. The summed E-state index contributed by atoms with van der Waals surface area (Å²) in [6.07, 6.45) is 0. The number of hydrogen-bond acceptors (Lipinski definition) is 6. The average Bonchev–Trinajstić information content (AvgIpc) is 3.23. The van der Waals surface area contributed by atoms with Crippen molar-refractivity contribution >= 4 is 52.1 Å². The highest BCUT2D eigenvalue weighted by molar-refractivity contribution is 7.71. The van der Waals surface area contributed by atoms with Crippen LogP contribution in [0.2, 0.25) is 0 Å². The maximum absolute atomic E-state index is 13.6. The van der Waals surface area contributed by atoms with Crippen LogP contribution in [0, 0.1) is 4.77 Å². The van der Waals surface area contributed by atoms with E-state index < -0.39 is 5.92 Å². The Bertz CT molecular complexity index is 1700. The number of nitrogens with zero attached hydrogens (tertiary/aromatic N) is 4. The average molecular weight is 503 g/mol. The molecule has 2 N–H and O–H groups in total. The van der Waals surface area contributed by atoms with Gasteiger partial charge in [0.1, 0.15) is 17.4 Å². The van der Waals surface area contributed by atoms with Crippen LogP contribution in [0.15, 0.2) is 102 Å². The third kappa shape index (κ3) is 4.28. The fraction of sp³-hybridized carbons (Fsp3) is 0.0690. The smallest absolute Gasteiger partial charge is 0.262 e. The molecule has 0 radical (unpaired) electrons. The van der Waals surface area contributed by atoms with Crippen LogP contribution in [-0.2, 0) is 4.79 Å². The fourth-order valence-electron chi connectivity index (χ4n) is 4.58. The quantitative estimate of drug-likeness (QED) is 0.264. The lowest BCUT2D eigenvalue weighted by Gasteiger charge is -2.17. The number of hydrazone groups is 1. The van der Waals surface area contributed by atoms with Gasteiger partial charge in [-0.1, -0.05) is 66.7 Å². The van der Waals surface area contributed by atoms with Crippen LogP contribution in [0.5, 0.6) is 0 Å². The van der Waals surface area contributed by atoms with Gasteiger partial charge in [0.05, 0.1) is 22.5 Å². The third-order valence-electron chi connectivity index (χ3n) is 6.26. The van der Waals surface area contributed by atoms with E-state index >= 15 is 0 Å². The van der Waals surface area contributed by atoms with Gasteiger partial charge in [0, 0.05) is 5.69 Å². The number of nitrogens with one attached hydrogen (secondary N) is 2. The fourth-order valence-corrected chi connectivity index (χ4v) is 4.77. The molecule has 3 heterocycles. The Kier molecular flexibility index (Phi) is 5.78. The Hall–Kier alpha value is -4.69. The van der Waals surface area contributed by atoms with Crippen LogP contribution in [-0.4, -0.2) is 26.6 Å². The number of carbonyl (C=O) groups is 1. The van der Waals surface area contributed by atoms with Gasteiger partial charge >= 0.3 is 0 Å². The van der Waals surface area contributed by atoms with Gasteiger partial charge < -0.3 is 10.3 Å². The summed E-state index contributed by atoms with van der Waals surface area (Å²) in [5.41, 5.74) is 5.28. The summed E-state index contributed by atoms with van der Waals surface area (Å²) in [5, 5.41) is 10.2. The maximum Gasteiger partial charge on any atom is 0.262 e. The number of H-pyrrole nitrogens is 1. The van der Waals surface area contributed by atoms with Crippen LogP contribution in [0.4, 0.5) is 17.2 Å². The van der Waals surface area contributed by atoms with Crippen LogP contribution >= 0.6 is 12.2 Å². The van der Waals surface area contributed by atoms with E-state index in [1.165, 1.54) is 5.01 Å². The first-order valence-electron chi connectivity index (χ1n) is 11.8. The van der Waals surface area contributed by atoms with Gasteiger partial charge in [-0.25, -0.2) is 9.97 Å². The van der Waals surface area contributed by atoms with Gasteiger partial charge in [0.25, 0.3) is 5.91 Å². The van der Waals surface area contributed by atoms with Gasteiger partial charge in [-0.3, -0.25) is 4.79 Å². The standard InChI is InChI=1S/C29H22N6OS/c1-18-24(28(36)35(34-18)21-15-9-4-10-16-21)23-17-22(19-11-5-2-6-12-19)25-26(30-20-13-7-3-8-14-20)32-29(37)33-27(25)31-23/h2-17,24H,1H3,(H2,30,31,32,33,37). The van der Waals surface area contributed by atoms with E-state index in [1.54, 1.807) is 0 Å². The monoisotopic (exact) mass is 502 g/mol. The lowest BCUT2D eigenvalue weighted by atomic mass is 9.94. The van der Waals surface area contributed by atoms with E-state index in [2.05, 4.69) is 20.4 Å². The van der Waals surface area contributed by atoms with Crippen LogP contribution in [0.25, 0.3) is 22.2 Å². The molecule has 5 aromatic rings. The van der Waals surface area contributed by atoms with E-state index in [1.807, 2.05) is 104 Å². The number of rotatable bonds is 5. The number of pyridine rings is 1. The maximum atomic E-state index is 13.6. The minimum absolute atomic E-state index is 0.148. The molecule has 0 bridgehead atoms. The van der Waals surface area contributed by atoms with Crippen molar-refractivity contribution in [2.75, 3.05) is 10.3 Å². The molecule has 0 aliphatic carbocycles. The predicted molar refractivity (Wildman–Crippen MR) is 150 cm³/mol. The molecular formula is C29H22N6OS. The van der Waals surface area contributed by atoms with Crippen LogP contribution in [0.3, 0.4) is 0 Å². The molecule has 3 aromatic carbocycles. The van der Waals surface area contributed by atoms with E-state index in [9.17, 15) is 4.79 Å². The molecule has 0 saturated carbocycles. The summed E-state index contributed by atoms with van der Waals surface area (Å²) < 4.78 is 0.295. The zero-order valence-corrected chi connectivity index (χ0v) is 20.7. The Labute approximate surface area is 218 Å². The molecule has 1 aliphatic heterocycles. The van der Waals surface area contributed by atoms with Gasteiger partial charge in [-0.05, 0) is 60.6 Å². The summed E-state index contributed by atoms with van der Waals surface area (Å²) in [6, 6.07) is 31.2. The summed E-state index contributed by atoms with van der Waals surface area (Å²) in [4.78, 5) is 26.2. The van der Waals surface area contributed by atoms with E-state index in [0.717, 1.165) is 27.9 Å². The predicted octanol–water partition coefficient (Wildman–Crippen LogP) is 6.60. The summed E-state index contributed by atoms with van der Waals surface area (Å²) in [5.74, 6) is -0.172. The second-order valence-corrected chi connectivity index (χ2v) is 9.11. The number of benzene rings is 3. The summed E-state index contributed by atoms with van der Waals surface area (Å²) in [6.45, 7) is 1.86. The van der Waals surface area contributed by atoms with Gasteiger partial charge in [0.15, 0.2) is 4.77 Å². The molecule has 37 heavy (non-hydrogen) atoms. The number of aromatic amines is 1. The number of hydrogen-bond donors (Lipinski definition) is 2. The number of aromatic nitrogens is 3. The first-order valence-corrected chi connectivity index (χ1v) is 12.3. The third-order valence-corrected chi connectivity index (χ3v) is 6.46. The lowest BCUT2D eigenvalue weighted by Crippen LogP contribution is -2.26. The Balaban J connectivity index is 1.54. The van der Waals surface area contributed by atoms with Crippen molar-refractivity contribution in [1.29, 1.82) is 0 Å². The Morgan fingerprint density at radius 2 is 1.54 bits per heavy atom. The molecule has 0 saturated heterocycles. The van der Waals surface area contributed by atoms with Gasteiger partial charge in [-0.2, -0.15) is 10.1 Å². The molecule has 1 aliphatic rings. The zero-order valence-electron chi connectivity index (χ0n) is 19.9. The number of carbonyl (C=O) groups excluding carboxylic acids is 1. The van der Waals surface area contributed by atoms with Crippen LogP contribution < -0.4 is 10.3 Å². The molecule has 0 spiro atoms. The molecule has 180 valence electrons. The lowest BCUT2D eigenvalue weighted by molar-refractivity contribution is -0.118.